The van der Waals surface area contributed by atoms with Crippen LogP contribution < -0.4 is 15.1 Å². The zero-order valence-electron chi connectivity index (χ0n) is 15.0. The molecule has 1 aromatic heterocycles. The fourth-order valence-corrected chi connectivity index (χ4v) is 3.95. The third-order valence-electron chi connectivity index (χ3n) is 4.12. The number of hydrogen-bond acceptors (Lipinski definition) is 6. The van der Waals surface area contributed by atoms with Gasteiger partial charge in [0.15, 0.2) is 17.2 Å². The Morgan fingerprint density at radius 1 is 1.35 bits per heavy atom. The summed E-state index contributed by atoms with van der Waals surface area (Å²) in [7, 11) is 1.96. The molecule has 0 saturated carbocycles. The number of amides is 1. The molecule has 1 saturated heterocycles. The average Bonchev–Trinajstić information content (AvgIpc) is 2.93. The molecule has 2 heterocycles. The van der Waals surface area contributed by atoms with Crippen molar-refractivity contribution >= 4 is 40.8 Å². The third kappa shape index (κ3) is 5.10. The molecule has 0 bridgehead atoms. The number of nitrogens with zero attached hydrogens (tertiary/aromatic N) is 3. The largest absolute Gasteiger partial charge is 0.378 e. The number of rotatable bonds is 6. The number of hydrogen-bond donors (Lipinski definition) is 2. The predicted octanol–water partition coefficient (Wildman–Crippen LogP) is 0.930. The minimum atomic E-state index is -0.0277. The Hall–Kier alpha value is -1.81. The maximum atomic E-state index is 12.3. The number of anilines is 2. The number of carbonyl (C=O) groups excluding carboxylic acids is 1. The van der Waals surface area contributed by atoms with Crippen LogP contribution in [0.1, 0.15) is 5.01 Å². The van der Waals surface area contributed by atoms with Crippen molar-refractivity contribution in [1.29, 1.82) is 0 Å². The Kier molecular flexibility index (Phi) is 6.36. The smallest absolute Gasteiger partial charge is 0.279 e. The van der Waals surface area contributed by atoms with Crippen LogP contribution in [0.3, 0.4) is 0 Å². The molecule has 0 aliphatic carbocycles. The lowest BCUT2D eigenvalue weighted by atomic mass is 10.2. The Labute approximate surface area is 162 Å². The van der Waals surface area contributed by atoms with E-state index in [1.807, 2.05) is 38.2 Å². The molecule has 140 valence electrons. The lowest BCUT2D eigenvalue weighted by Crippen LogP contribution is -3.09. The van der Waals surface area contributed by atoms with E-state index in [-0.39, 0.29) is 5.91 Å². The maximum Gasteiger partial charge on any atom is 0.279 e. The molecule has 0 radical (unpaired) electrons. The number of carbonyl (C=O) groups is 1. The van der Waals surface area contributed by atoms with Crippen LogP contribution in [0.2, 0.25) is 0 Å². The van der Waals surface area contributed by atoms with E-state index in [1.54, 1.807) is 4.68 Å². The van der Waals surface area contributed by atoms with Crippen LogP contribution in [0.5, 0.6) is 0 Å². The summed E-state index contributed by atoms with van der Waals surface area (Å²) in [6, 6.07) is 7.96. The summed E-state index contributed by atoms with van der Waals surface area (Å²) < 4.78 is 7.88. The molecule has 1 amide bonds. The van der Waals surface area contributed by atoms with Crippen LogP contribution in [0.25, 0.3) is 0 Å². The molecule has 1 unspecified atom stereocenters. The highest BCUT2D eigenvalue weighted by Crippen LogP contribution is 2.18. The van der Waals surface area contributed by atoms with Gasteiger partial charge in [0.05, 0.1) is 20.3 Å². The van der Waals surface area contributed by atoms with E-state index in [4.69, 9.17) is 17.0 Å². The molecule has 26 heavy (non-hydrogen) atoms. The molecule has 3 rings (SSSR count). The molecule has 0 spiro atoms. The van der Waals surface area contributed by atoms with Crippen molar-refractivity contribution in [3.05, 3.63) is 33.2 Å². The normalized spacial score (nSPS) is 15.7. The van der Waals surface area contributed by atoms with Crippen LogP contribution in [0.15, 0.2) is 24.3 Å². The van der Waals surface area contributed by atoms with Crippen molar-refractivity contribution in [3.8, 4) is 0 Å². The fourth-order valence-electron chi connectivity index (χ4n) is 2.88. The zero-order chi connectivity index (χ0) is 18.5. The molecule has 1 aliphatic rings. The van der Waals surface area contributed by atoms with Gasteiger partial charge in [-0.05, 0) is 43.4 Å². The van der Waals surface area contributed by atoms with Crippen molar-refractivity contribution in [3.63, 3.8) is 0 Å². The molecule has 9 heteroatoms. The number of likely N-dealkylation sites (N-methyl/N-ethyl adjacent to an activating group) is 1. The van der Waals surface area contributed by atoms with Gasteiger partial charge in [0.25, 0.3) is 5.91 Å². The Balaban J connectivity index is 1.51. The number of benzene rings is 1. The van der Waals surface area contributed by atoms with Gasteiger partial charge in [-0.25, -0.2) is 0 Å². The summed E-state index contributed by atoms with van der Waals surface area (Å²) in [4.78, 5) is 15.6. The van der Waals surface area contributed by atoms with E-state index in [0.29, 0.717) is 13.2 Å². The summed E-state index contributed by atoms with van der Waals surface area (Å²) in [5, 5.41) is 8.25. The second-order valence-corrected chi connectivity index (χ2v) is 8.20. The monoisotopic (exact) mass is 394 g/mol. The average molecular weight is 395 g/mol. The summed E-state index contributed by atoms with van der Waals surface area (Å²) in [6.45, 7) is 6.18. The lowest BCUT2D eigenvalue weighted by molar-refractivity contribution is -0.895. The number of aromatic nitrogens is 2. The van der Waals surface area contributed by atoms with E-state index in [9.17, 15) is 4.79 Å². The maximum absolute atomic E-state index is 12.3. The first-order chi connectivity index (χ1) is 12.5. The van der Waals surface area contributed by atoms with Gasteiger partial charge in [0.2, 0.25) is 0 Å². The van der Waals surface area contributed by atoms with Crippen LogP contribution >= 0.6 is 23.6 Å². The van der Waals surface area contributed by atoms with Gasteiger partial charge in [0, 0.05) is 24.5 Å². The summed E-state index contributed by atoms with van der Waals surface area (Å²) in [5.74, 6) is -0.0277. The molecular weight excluding hydrogens is 370 g/mol. The van der Waals surface area contributed by atoms with Crippen LogP contribution in [0.4, 0.5) is 11.4 Å². The van der Waals surface area contributed by atoms with Crippen molar-refractivity contribution < 1.29 is 14.4 Å². The lowest BCUT2D eigenvalue weighted by Gasteiger charge is -2.28. The first kappa shape index (κ1) is 19.0. The summed E-state index contributed by atoms with van der Waals surface area (Å²) in [5.41, 5.74) is 1.96. The molecule has 2 N–H and O–H groups in total. The number of morpholine rings is 1. The van der Waals surface area contributed by atoms with E-state index in [0.717, 1.165) is 51.5 Å². The fraction of sp³-hybridized carbons (Fsp3) is 0.471. The van der Waals surface area contributed by atoms with E-state index in [2.05, 4.69) is 15.3 Å². The minimum Gasteiger partial charge on any atom is -0.378 e. The summed E-state index contributed by atoms with van der Waals surface area (Å²) in [6.07, 6.45) is 0. The molecule has 1 atom stereocenters. The number of ether oxygens (including phenoxy) is 1. The molecule has 2 aromatic rings. The SMILES string of the molecule is Cc1nn(C[NH+](C)CC(=O)Nc2ccc(N3CCOCC3)cc2)c(=S)s1. The van der Waals surface area contributed by atoms with Crippen LogP contribution in [0, 0.1) is 10.9 Å². The van der Waals surface area contributed by atoms with Crippen molar-refractivity contribution in [1.82, 2.24) is 9.78 Å². The molecular formula is C17H24N5O2S2+. The Morgan fingerprint density at radius 3 is 2.65 bits per heavy atom. The van der Waals surface area contributed by atoms with Gasteiger partial charge < -0.3 is 19.9 Å². The Bertz CT molecular complexity index is 796. The first-order valence-electron chi connectivity index (χ1n) is 8.60. The van der Waals surface area contributed by atoms with E-state index < -0.39 is 0 Å². The van der Waals surface area contributed by atoms with Crippen LogP contribution in [-0.2, 0) is 16.2 Å². The summed E-state index contributed by atoms with van der Waals surface area (Å²) >= 11 is 6.76. The first-order valence-corrected chi connectivity index (χ1v) is 9.82. The second kappa shape index (κ2) is 8.72. The van der Waals surface area contributed by atoms with Crippen molar-refractivity contribution in [2.24, 2.45) is 0 Å². The van der Waals surface area contributed by atoms with Crippen LogP contribution in [-0.4, -0.2) is 55.6 Å². The highest BCUT2D eigenvalue weighted by molar-refractivity contribution is 7.73. The highest BCUT2D eigenvalue weighted by Gasteiger charge is 2.14. The molecule has 7 nitrogen and oxygen atoms in total. The quantitative estimate of drug-likeness (QED) is 0.714. The number of nitrogens with one attached hydrogen (secondary N) is 2. The van der Waals surface area contributed by atoms with Gasteiger partial charge >= 0.3 is 0 Å². The Morgan fingerprint density at radius 2 is 2.04 bits per heavy atom. The zero-order valence-corrected chi connectivity index (χ0v) is 16.7. The molecule has 1 aliphatic heterocycles. The second-order valence-electron chi connectivity index (χ2n) is 6.37. The molecule has 1 aromatic carbocycles. The van der Waals surface area contributed by atoms with Gasteiger partial charge in [0.1, 0.15) is 5.01 Å². The number of quaternary nitrogens is 1. The third-order valence-corrected chi connectivity index (χ3v) is 5.34. The number of aryl methyl sites for hydroxylation is 1. The van der Waals surface area contributed by atoms with Gasteiger partial charge in [-0.3, -0.25) is 4.79 Å². The van der Waals surface area contributed by atoms with E-state index in [1.165, 1.54) is 11.3 Å². The topological polar surface area (TPSA) is 63.8 Å². The van der Waals surface area contributed by atoms with E-state index >= 15 is 0 Å². The van der Waals surface area contributed by atoms with Gasteiger partial charge in [-0.1, -0.05) is 11.3 Å². The predicted molar refractivity (Wildman–Crippen MR) is 106 cm³/mol. The minimum absolute atomic E-state index is 0.0277. The molecule has 1 fully saturated rings. The highest BCUT2D eigenvalue weighted by atomic mass is 32.1. The van der Waals surface area contributed by atoms with Crippen molar-refractivity contribution in [2.45, 2.75) is 13.6 Å². The van der Waals surface area contributed by atoms with Crippen molar-refractivity contribution in [2.75, 3.05) is 50.1 Å². The standard InChI is InChI=1S/C17H23N5O2S2/c1-13-19-22(17(25)26-13)12-20(2)11-16(23)18-14-3-5-15(6-4-14)21-7-9-24-10-8-21/h3-6H,7-12H2,1-2H3,(H,18,23)/p+1. The van der Waals surface area contributed by atoms with Gasteiger partial charge in [-0.15, -0.1) is 0 Å². The van der Waals surface area contributed by atoms with Gasteiger partial charge in [-0.2, -0.15) is 9.78 Å².